The van der Waals surface area contributed by atoms with Crippen LogP contribution in [-0.2, 0) is 0 Å². The average Bonchev–Trinajstić information content (AvgIpc) is 2.86. The molecule has 0 unspecified atom stereocenters. The fraction of sp³-hybridized carbons (Fsp3) is 0.0833. The van der Waals surface area contributed by atoms with E-state index in [1.54, 1.807) is 22.1 Å². The van der Waals surface area contributed by atoms with Gasteiger partial charge in [-0.25, -0.2) is 4.99 Å². The van der Waals surface area contributed by atoms with Gasteiger partial charge in [0.15, 0.2) is 0 Å². The monoisotopic (exact) mass is 290 g/mol. The SMILES string of the molecule is CN1C2=Nc3ccccc3SC2=Cc2[s+]snc21. The van der Waals surface area contributed by atoms with Crippen LogP contribution in [0.1, 0.15) is 4.88 Å². The average molecular weight is 290 g/mol. The second-order valence-electron chi connectivity index (χ2n) is 4.01. The molecule has 1 aromatic heterocycles. The molecule has 2 aliphatic heterocycles. The number of hydrogen-bond donors (Lipinski definition) is 0. The number of aliphatic imine (C=N–C) groups is 1. The van der Waals surface area contributed by atoms with Gasteiger partial charge < -0.3 is 4.90 Å². The molecule has 2 aromatic rings. The van der Waals surface area contributed by atoms with Crippen molar-refractivity contribution < 1.29 is 0 Å². The zero-order valence-electron chi connectivity index (χ0n) is 9.45. The molecule has 0 spiro atoms. The number of anilines is 1. The molecule has 1 aromatic carbocycles. The van der Waals surface area contributed by atoms with Crippen LogP contribution in [-0.4, -0.2) is 17.3 Å². The van der Waals surface area contributed by atoms with Gasteiger partial charge in [-0.1, -0.05) is 23.9 Å². The quantitative estimate of drug-likeness (QED) is 0.540. The summed E-state index contributed by atoms with van der Waals surface area (Å²) < 4.78 is 4.44. The van der Waals surface area contributed by atoms with E-state index in [-0.39, 0.29) is 0 Å². The molecule has 0 saturated carbocycles. The number of para-hydroxylation sites is 1. The van der Waals surface area contributed by atoms with Crippen molar-refractivity contribution in [1.29, 1.82) is 0 Å². The minimum absolute atomic E-state index is 1.00. The molecule has 3 nitrogen and oxygen atoms in total. The maximum absolute atomic E-state index is 4.75. The molecule has 18 heavy (non-hydrogen) atoms. The Hall–Kier alpha value is -1.24. The maximum atomic E-state index is 4.75. The van der Waals surface area contributed by atoms with E-state index in [1.807, 2.05) is 13.1 Å². The number of thioether (sulfide) groups is 1. The van der Waals surface area contributed by atoms with Gasteiger partial charge in [-0.15, -0.1) is 4.37 Å². The first-order valence-electron chi connectivity index (χ1n) is 5.43. The molecule has 0 atom stereocenters. The van der Waals surface area contributed by atoms with Crippen LogP contribution in [0.25, 0.3) is 6.08 Å². The lowest BCUT2D eigenvalue weighted by molar-refractivity contribution is 1.19. The predicted octanol–water partition coefficient (Wildman–Crippen LogP) is 4.11. The van der Waals surface area contributed by atoms with E-state index in [9.17, 15) is 0 Å². The summed E-state index contributed by atoms with van der Waals surface area (Å²) in [6.07, 6.45) is 2.20. The highest BCUT2D eigenvalue weighted by Crippen LogP contribution is 2.45. The van der Waals surface area contributed by atoms with Crippen LogP contribution in [0.4, 0.5) is 11.5 Å². The Kier molecular flexibility index (Phi) is 2.30. The number of likely N-dealkylation sites (N-methyl/N-ethyl adjacent to an activating group) is 1. The van der Waals surface area contributed by atoms with Crippen LogP contribution in [0.5, 0.6) is 0 Å². The maximum Gasteiger partial charge on any atom is 0.325 e. The van der Waals surface area contributed by atoms with Gasteiger partial charge in [-0.05, 0) is 12.1 Å². The smallest absolute Gasteiger partial charge is 0.307 e. The van der Waals surface area contributed by atoms with Gasteiger partial charge in [-0.2, -0.15) is 0 Å². The number of amidine groups is 1. The van der Waals surface area contributed by atoms with E-state index in [2.05, 4.69) is 33.5 Å². The van der Waals surface area contributed by atoms with E-state index in [0.717, 1.165) is 17.3 Å². The Morgan fingerprint density at radius 2 is 2.17 bits per heavy atom. The first kappa shape index (κ1) is 10.7. The first-order valence-corrected chi connectivity index (χ1v) is 8.35. The predicted molar refractivity (Wildman–Crippen MR) is 80.2 cm³/mol. The molecule has 2 aliphatic rings. The normalized spacial score (nSPS) is 16.4. The van der Waals surface area contributed by atoms with Crippen LogP contribution < -0.4 is 4.90 Å². The van der Waals surface area contributed by atoms with Crippen LogP contribution in [0.3, 0.4) is 0 Å². The second-order valence-corrected chi connectivity index (χ2v) is 6.98. The van der Waals surface area contributed by atoms with Crippen LogP contribution in [0.15, 0.2) is 39.1 Å². The van der Waals surface area contributed by atoms with Gasteiger partial charge in [0.25, 0.3) is 15.4 Å². The Morgan fingerprint density at radius 1 is 1.28 bits per heavy atom. The minimum atomic E-state index is 1.00. The zero-order valence-corrected chi connectivity index (χ0v) is 11.9. The summed E-state index contributed by atoms with van der Waals surface area (Å²) in [4.78, 5) is 10.5. The molecule has 0 saturated heterocycles. The summed E-state index contributed by atoms with van der Waals surface area (Å²) in [5, 5.41) is 0. The van der Waals surface area contributed by atoms with E-state index in [1.165, 1.54) is 25.2 Å². The van der Waals surface area contributed by atoms with Gasteiger partial charge in [0, 0.05) is 18.0 Å². The van der Waals surface area contributed by atoms with E-state index in [0.29, 0.717) is 0 Å². The van der Waals surface area contributed by atoms with Gasteiger partial charge in [0.1, 0.15) is 5.84 Å². The molecule has 0 radical (unpaired) electrons. The number of benzene rings is 1. The topological polar surface area (TPSA) is 28.5 Å². The zero-order chi connectivity index (χ0) is 12.1. The molecular weight excluding hydrogens is 282 g/mol. The third-order valence-electron chi connectivity index (χ3n) is 2.90. The summed E-state index contributed by atoms with van der Waals surface area (Å²) in [5.41, 5.74) is 1.05. The lowest BCUT2D eigenvalue weighted by Crippen LogP contribution is -2.30. The summed E-state index contributed by atoms with van der Waals surface area (Å²) in [7, 11) is 5.27. The summed E-state index contributed by atoms with van der Waals surface area (Å²) in [6, 6.07) is 8.25. The van der Waals surface area contributed by atoms with Crippen LogP contribution in [0, 0.1) is 0 Å². The summed E-state index contributed by atoms with van der Waals surface area (Å²) >= 11 is 1.78. The molecule has 0 N–H and O–H groups in total. The molecule has 0 bridgehead atoms. The summed E-state index contributed by atoms with van der Waals surface area (Å²) in [5.74, 6) is 2.02. The van der Waals surface area contributed by atoms with Gasteiger partial charge >= 0.3 is 10.3 Å². The van der Waals surface area contributed by atoms with Crippen molar-refractivity contribution in [3.8, 4) is 0 Å². The molecule has 0 fully saturated rings. The molecule has 6 heteroatoms. The third-order valence-corrected chi connectivity index (χ3v) is 5.77. The van der Waals surface area contributed by atoms with Crippen molar-refractivity contribution in [3.63, 3.8) is 0 Å². The van der Waals surface area contributed by atoms with E-state index in [4.69, 9.17) is 4.99 Å². The Balaban J connectivity index is 1.93. The Bertz CT molecular complexity index is 702. The van der Waals surface area contributed by atoms with Crippen molar-refractivity contribution in [2.45, 2.75) is 4.90 Å². The fourth-order valence-corrected chi connectivity index (χ4v) is 4.96. The van der Waals surface area contributed by atoms with Gasteiger partial charge in [0.2, 0.25) is 5.82 Å². The number of aromatic nitrogens is 1. The van der Waals surface area contributed by atoms with Crippen molar-refractivity contribution in [3.05, 3.63) is 34.0 Å². The van der Waals surface area contributed by atoms with Crippen LogP contribution >= 0.6 is 32.6 Å². The molecule has 0 aliphatic carbocycles. The lowest BCUT2D eigenvalue weighted by Gasteiger charge is -2.26. The highest BCUT2D eigenvalue weighted by atomic mass is 32.9. The highest BCUT2D eigenvalue weighted by Gasteiger charge is 2.33. The van der Waals surface area contributed by atoms with Crippen molar-refractivity contribution in [2.75, 3.05) is 11.9 Å². The number of rotatable bonds is 0. The molecule has 88 valence electrons. The van der Waals surface area contributed by atoms with Gasteiger partial charge in [-0.3, -0.25) is 0 Å². The Labute approximate surface area is 116 Å². The van der Waals surface area contributed by atoms with Crippen molar-refractivity contribution >= 4 is 56.1 Å². The number of hydrogen-bond acceptors (Lipinski definition) is 5. The second kappa shape index (κ2) is 3.88. The standard InChI is InChI=1S/C12H8N3S3/c1-15-11-9(6-10-12(15)14-18-17-10)16-8-5-3-2-4-7(8)13-11/h2-6H,1H3/q+1. The van der Waals surface area contributed by atoms with Crippen LogP contribution in [0.2, 0.25) is 0 Å². The van der Waals surface area contributed by atoms with E-state index < -0.39 is 0 Å². The van der Waals surface area contributed by atoms with Crippen molar-refractivity contribution in [1.82, 2.24) is 4.37 Å². The molecular formula is C12H8N3S3+. The summed E-state index contributed by atoms with van der Waals surface area (Å²) in [6.45, 7) is 0. The Morgan fingerprint density at radius 3 is 3.11 bits per heavy atom. The fourth-order valence-electron chi connectivity index (χ4n) is 2.01. The number of nitrogens with zero attached hydrogens (tertiary/aromatic N) is 3. The molecule has 4 rings (SSSR count). The largest absolute Gasteiger partial charge is 0.325 e. The lowest BCUT2D eigenvalue weighted by atomic mass is 10.2. The van der Waals surface area contributed by atoms with E-state index >= 15 is 0 Å². The van der Waals surface area contributed by atoms with Gasteiger partial charge in [0.05, 0.1) is 10.6 Å². The molecule has 3 heterocycles. The first-order chi connectivity index (χ1) is 8.83. The molecule has 0 amide bonds. The number of fused-ring (bicyclic) bond motifs is 3. The third kappa shape index (κ3) is 1.46. The highest BCUT2D eigenvalue weighted by molar-refractivity contribution is 8.04. The van der Waals surface area contributed by atoms with Crippen molar-refractivity contribution in [2.24, 2.45) is 4.99 Å². The minimum Gasteiger partial charge on any atom is -0.307 e.